The Labute approximate surface area is 114 Å². The van der Waals surface area contributed by atoms with Crippen molar-refractivity contribution in [2.75, 3.05) is 11.5 Å². The molecule has 0 N–H and O–H groups in total. The van der Waals surface area contributed by atoms with Gasteiger partial charge in [0.25, 0.3) is 0 Å². The second kappa shape index (κ2) is 7.17. The van der Waals surface area contributed by atoms with E-state index in [4.69, 9.17) is 0 Å². The number of halogens is 2. The van der Waals surface area contributed by atoms with Crippen LogP contribution in [0.2, 0.25) is 0 Å². The van der Waals surface area contributed by atoms with Crippen LogP contribution >= 0.6 is 27.7 Å². The number of hydrogen-bond donors (Lipinski definition) is 0. The van der Waals surface area contributed by atoms with Crippen molar-refractivity contribution in [3.8, 4) is 0 Å². The molecule has 0 radical (unpaired) electrons. The van der Waals surface area contributed by atoms with Crippen LogP contribution in [0.25, 0.3) is 0 Å². The lowest BCUT2D eigenvalue weighted by Crippen LogP contribution is -2.07. The first-order valence-corrected chi connectivity index (χ1v) is 7.47. The molecule has 0 amide bonds. The van der Waals surface area contributed by atoms with Crippen LogP contribution in [-0.2, 0) is 11.2 Å². The number of carbonyl (C=O) groups is 1. The molecule has 1 rings (SSSR count). The highest BCUT2D eigenvalue weighted by Gasteiger charge is 2.07. The molecular formula is C13H16BrFOS. The molecule has 0 saturated carbocycles. The lowest BCUT2D eigenvalue weighted by molar-refractivity contribution is -0.116. The average molecular weight is 319 g/mol. The number of ketones is 1. The largest absolute Gasteiger partial charge is 0.298 e. The Morgan fingerprint density at radius 2 is 2.18 bits per heavy atom. The van der Waals surface area contributed by atoms with Crippen LogP contribution in [0.4, 0.5) is 4.39 Å². The summed E-state index contributed by atoms with van der Waals surface area (Å²) in [5.74, 6) is 2.03. The molecule has 0 heterocycles. The second-order valence-corrected chi connectivity index (χ2v) is 6.26. The number of benzene rings is 1. The maximum absolute atomic E-state index is 13.0. The highest BCUT2D eigenvalue weighted by Crippen LogP contribution is 2.18. The zero-order valence-electron chi connectivity index (χ0n) is 10.0. The zero-order valence-corrected chi connectivity index (χ0v) is 12.4. The van der Waals surface area contributed by atoms with E-state index < -0.39 is 0 Å². The fourth-order valence-corrected chi connectivity index (χ4v) is 2.68. The molecule has 0 aliphatic heterocycles. The van der Waals surface area contributed by atoms with Gasteiger partial charge in [-0.15, -0.1) is 0 Å². The predicted octanol–water partition coefficient (Wildman–Crippen LogP) is 4.09. The molecule has 0 aromatic heterocycles. The summed E-state index contributed by atoms with van der Waals surface area (Å²) in [5, 5.41) is 0. The molecule has 1 aromatic carbocycles. The van der Waals surface area contributed by atoms with Gasteiger partial charge in [0, 0.05) is 6.42 Å². The summed E-state index contributed by atoms with van der Waals surface area (Å²) in [6, 6.07) is 4.71. The SMILES string of the molecule is CC(C)CSCC(=O)Cc1ccc(F)c(Br)c1. The smallest absolute Gasteiger partial charge is 0.147 e. The Kier molecular flexibility index (Phi) is 6.20. The van der Waals surface area contributed by atoms with E-state index in [1.165, 1.54) is 6.07 Å². The quantitative estimate of drug-likeness (QED) is 0.785. The van der Waals surface area contributed by atoms with E-state index in [1.54, 1.807) is 23.9 Å². The Morgan fingerprint density at radius 1 is 1.47 bits per heavy atom. The Balaban J connectivity index is 2.42. The highest BCUT2D eigenvalue weighted by molar-refractivity contribution is 9.10. The van der Waals surface area contributed by atoms with E-state index in [1.807, 2.05) is 0 Å². The van der Waals surface area contributed by atoms with Gasteiger partial charge in [-0.2, -0.15) is 11.8 Å². The third kappa shape index (κ3) is 5.68. The van der Waals surface area contributed by atoms with Gasteiger partial charge >= 0.3 is 0 Å². The Bertz CT molecular complexity index is 393. The van der Waals surface area contributed by atoms with Crippen LogP contribution in [0.15, 0.2) is 22.7 Å². The van der Waals surface area contributed by atoms with Gasteiger partial charge in [-0.3, -0.25) is 4.79 Å². The fraction of sp³-hybridized carbons (Fsp3) is 0.462. The first kappa shape index (κ1) is 14.7. The third-order valence-electron chi connectivity index (χ3n) is 2.10. The van der Waals surface area contributed by atoms with E-state index in [0.717, 1.165) is 11.3 Å². The van der Waals surface area contributed by atoms with Gasteiger partial charge in [0.05, 0.1) is 10.2 Å². The van der Waals surface area contributed by atoms with Crippen molar-refractivity contribution in [2.45, 2.75) is 20.3 Å². The van der Waals surface area contributed by atoms with Crippen LogP contribution < -0.4 is 0 Å². The minimum absolute atomic E-state index is 0.189. The number of hydrogen-bond acceptors (Lipinski definition) is 2. The summed E-state index contributed by atoms with van der Waals surface area (Å²) in [5.41, 5.74) is 0.855. The Morgan fingerprint density at radius 3 is 2.76 bits per heavy atom. The van der Waals surface area contributed by atoms with Gasteiger partial charge in [0.2, 0.25) is 0 Å². The van der Waals surface area contributed by atoms with E-state index in [0.29, 0.717) is 22.6 Å². The zero-order chi connectivity index (χ0) is 12.8. The van der Waals surface area contributed by atoms with Crippen molar-refractivity contribution in [3.05, 3.63) is 34.1 Å². The highest BCUT2D eigenvalue weighted by atomic mass is 79.9. The first-order valence-electron chi connectivity index (χ1n) is 5.52. The maximum Gasteiger partial charge on any atom is 0.147 e. The minimum atomic E-state index is -0.296. The molecular weight excluding hydrogens is 303 g/mol. The number of Topliss-reactive ketones (excluding diaryl/α,β-unsaturated/α-hetero) is 1. The summed E-state index contributed by atoms with van der Waals surface area (Å²) in [6.07, 6.45) is 0.379. The molecule has 0 spiro atoms. The summed E-state index contributed by atoms with van der Waals surface area (Å²) in [7, 11) is 0. The second-order valence-electron chi connectivity index (χ2n) is 4.37. The van der Waals surface area contributed by atoms with Crippen LogP contribution in [0, 0.1) is 11.7 Å². The van der Waals surface area contributed by atoms with Crippen molar-refractivity contribution in [3.63, 3.8) is 0 Å². The van der Waals surface area contributed by atoms with Gasteiger partial charge in [-0.25, -0.2) is 4.39 Å². The molecule has 1 aromatic rings. The normalized spacial score (nSPS) is 10.9. The summed E-state index contributed by atoms with van der Waals surface area (Å²) < 4.78 is 13.4. The lowest BCUT2D eigenvalue weighted by Gasteiger charge is -2.05. The molecule has 0 saturated heterocycles. The van der Waals surface area contributed by atoms with Gasteiger partial charge in [0.15, 0.2) is 0 Å². The van der Waals surface area contributed by atoms with E-state index in [2.05, 4.69) is 29.8 Å². The molecule has 0 aliphatic rings. The van der Waals surface area contributed by atoms with Crippen LogP contribution in [0.1, 0.15) is 19.4 Å². The maximum atomic E-state index is 13.0. The van der Waals surface area contributed by atoms with Crippen molar-refractivity contribution >= 4 is 33.5 Å². The lowest BCUT2D eigenvalue weighted by atomic mass is 10.1. The van der Waals surface area contributed by atoms with Crippen molar-refractivity contribution in [1.29, 1.82) is 0 Å². The molecule has 0 aliphatic carbocycles. The number of carbonyl (C=O) groups excluding carboxylic acids is 1. The fourth-order valence-electron chi connectivity index (χ4n) is 1.34. The topological polar surface area (TPSA) is 17.1 Å². The molecule has 0 unspecified atom stereocenters. The van der Waals surface area contributed by atoms with Gasteiger partial charge in [-0.1, -0.05) is 19.9 Å². The predicted molar refractivity (Wildman–Crippen MR) is 75.0 cm³/mol. The monoisotopic (exact) mass is 318 g/mol. The van der Waals surface area contributed by atoms with Crippen molar-refractivity contribution < 1.29 is 9.18 Å². The van der Waals surface area contributed by atoms with E-state index in [9.17, 15) is 9.18 Å². The minimum Gasteiger partial charge on any atom is -0.298 e. The van der Waals surface area contributed by atoms with Crippen molar-refractivity contribution in [2.24, 2.45) is 5.92 Å². The summed E-state index contributed by atoms with van der Waals surface area (Å²) in [6.45, 7) is 4.27. The first-order chi connectivity index (χ1) is 7.99. The molecule has 0 fully saturated rings. The van der Waals surface area contributed by atoms with Crippen molar-refractivity contribution in [1.82, 2.24) is 0 Å². The third-order valence-corrected chi connectivity index (χ3v) is 4.14. The molecule has 17 heavy (non-hydrogen) atoms. The number of rotatable bonds is 6. The van der Waals surface area contributed by atoms with E-state index in [-0.39, 0.29) is 11.6 Å². The van der Waals surface area contributed by atoms with Crippen LogP contribution in [-0.4, -0.2) is 17.3 Å². The average Bonchev–Trinajstić information content (AvgIpc) is 2.23. The molecule has 0 atom stereocenters. The molecule has 0 bridgehead atoms. The Hall–Kier alpha value is -0.350. The summed E-state index contributed by atoms with van der Waals surface area (Å²) >= 11 is 4.78. The van der Waals surface area contributed by atoms with Crippen LogP contribution in [0.5, 0.6) is 0 Å². The van der Waals surface area contributed by atoms with Gasteiger partial charge in [-0.05, 0) is 45.3 Å². The van der Waals surface area contributed by atoms with Crippen LogP contribution in [0.3, 0.4) is 0 Å². The standard InChI is InChI=1S/C13H16BrFOS/c1-9(2)7-17-8-11(16)5-10-3-4-13(15)12(14)6-10/h3-4,6,9H,5,7-8H2,1-2H3. The summed E-state index contributed by atoms with van der Waals surface area (Å²) in [4.78, 5) is 11.7. The number of thioether (sulfide) groups is 1. The van der Waals surface area contributed by atoms with Gasteiger partial charge < -0.3 is 0 Å². The van der Waals surface area contributed by atoms with E-state index >= 15 is 0 Å². The molecule has 4 heteroatoms. The molecule has 1 nitrogen and oxygen atoms in total. The molecule has 94 valence electrons. The van der Waals surface area contributed by atoms with Gasteiger partial charge in [0.1, 0.15) is 11.6 Å².